The zero-order valence-corrected chi connectivity index (χ0v) is 15.1. The van der Waals surface area contributed by atoms with Gasteiger partial charge in [0.15, 0.2) is 0 Å². The van der Waals surface area contributed by atoms with E-state index < -0.39 is 5.63 Å². The molecule has 0 saturated heterocycles. The molecule has 136 valence electrons. The van der Waals surface area contributed by atoms with Gasteiger partial charge in [0, 0.05) is 23.2 Å². The molecule has 0 radical (unpaired) electrons. The minimum atomic E-state index is -0.494. The second kappa shape index (κ2) is 6.50. The van der Waals surface area contributed by atoms with Crippen molar-refractivity contribution >= 4 is 22.4 Å². The molecule has 0 spiro atoms. The highest BCUT2D eigenvalue weighted by atomic mass is 16.4. The first-order valence-corrected chi connectivity index (χ1v) is 9.25. The van der Waals surface area contributed by atoms with Gasteiger partial charge in [0.05, 0.1) is 5.39 Å². The third-order valence-electron chi connectivity index (χ3n) is 5.23. The van der Waals surface area contributed by atoms with Gasteiger partial charge in [-0.1, -0.05) is 66.7 Å². The number of rotatable bonds is 2. The van der Waals surface area contributed by atoms with E-state index in [2.05, 4.69) is 0 Å². The zero-order valence-electron chi connectivity index (χ0n) is 15.1. The van der Waals surface area contributed by atoms with Gasteiger partial charge in [-0.15, -0.1) is 0 Å². The number of amides is 1. The lowest BCUT2D eigenvalue weighted by atomic mass is 9.98. The number of hydrogen-bond acceptors (Lipinski definition) is 3. The topological polar surface area (TPSA) is 50.5 Å². The van der Waals surface area contributed by atoms with E-state index in [4.69, 9.17) is 4.42 Å². The van der Waals surface area contributed by atoms with E-state index in [1.54, 1.807) is 17.0 Å². The molecular weight excluding hydrogens is 350 g/mol. The highest BCUT2D eigenvalue weighted by Gasteiger charge is 2.30. The number of hydrogen-bond donors (Lipinski definition) is 0. The standard InChI is InChI=1S/C24H17NO3/c26-23(25-15-14-16-8-4-7-13-20(16)25)22-21(17-9-2-1-3-10-17)18-11-5-6-12-19(18)24(27)28-22/h1-13H,14-15H2. The lowest BCUT2D eigenvalue weighted by Crippen LogP contribution is -2.30. The Balaban J connectivity index is 1.76. The van der Waals surface area contributed by atoms with Crippen LogP contribution in [0.4, 0.5) is 5.69 Å². The van der Waals surface area contributed by atoms with Crippen LogP contribution < -0.4 is 10.5 Å². The van der Waals surface area contributed by atoms with Gasteiger partial charge in [-0.05, 0) is 29.7 Å². The molecule has 4 nitrogen and oxygen atoms in total. The quantitative estimate of drug-likeness (QED) is 0.518. The molecule has 4 heteroatoms. The van der Waals surface area contributed by atoms with Gasteiger partial charge in [-0.2, -0.15) is 0 Å². The van der Waals surface area contributed by atoms with Crippen LogP contribution in [0.2, 0.25) is 0 Å². The number of carbonyl (C=O) groups excluding carboxylic acids is 1. The van der Waals surface area contributed by atoms with Crippen LogP contribution in [0.25, 0.3) is 21.9 Å². The van der Waals surface area contributed by atoms with Crippen molar-refractivity contribution in [2.45, 2.75) is 6.42 Å². The van der Waals surface area contributed by atoms with Crippen molar-refractivity contribution in [3.05, 3.63) is 101 Å². The summed E-state index contributed by atoms with van der Waals surface area (Å²) in [5, 5.41) is 1.19. The van der Waals surface area contributed by atoms with E-state index in [9.17, 15) is 9.59 Å². The first kappa shape index (κ1) is 16.5. The molecule has 0 saturated carbocycles. The molecule has 3 aromatic carbocycles. The molecule has 28 heavy (non-hydrogen) atoms. The van der Waals surface area contributed by atoms with Crippen LogP contribution in [-0.2, 0) is 6.42 Å². The molecule has 0 bridgehead atoms. The third kappa shape index (κ3) is 2.54. The van der Waals surface area contributed by atoms with Gasteiger partial charge in [-0.25, -0.2) is 4.79 Å². The maximum absolute atomic E-state index is 13.5. The Morgan fingerprint density at radius 3 is 2.32 bits per heavy atom. The Bertz CT molecular complexity index is 1260. The second-order valence-corrected chi connectivity index (χ2v) is 6.84. The minimum absolute atomic E-state index is 0.0894. The van der Waals surface area contributed by atoms with E-state index in [1.807, 2.05) is 66.7 Å². The van der Waals surface area contributed by atoms with E-state index >= 15 is 0 Å². The average Bonchev–Trinajstić information content (AvgIpc) is 3.18. The minimum Gasteiger partial charge on any atom is -0.416 e. The number of nitrogens with zero attached hydrogens (tertiary/aromatic N) is 1. The van der Waals surface area contributed by atoms with Gasteiger partial charge in [-0.3, -0.25) is 4.79 Å². The van der Waals surface area contributed by atoms with E-state index in [0.717, 1.165) is 28.6 Å². The molecule has 1 aromatic heterocycles. The van der Waals surface area contributed by atoms with E-state index in [0.29, 0.717) is 17.5 Å². The summed E-state index contributed by atoms with van der Waals surface area (Å²) in [7, 11) is 0. The lowest BCUT2D eigenvalue weighted by Gasteiger charge is -2.19. The average molecular weight is 367 g/mol. The molecular formula is C24H17NO3. The predicted octanol–water partition coefficient (Wildman–Crippen LogP) is 4.66. The summed E-state index contributed by atoms with van der Waals surface area (Å²) in [5.41, 5.74) is 3.01. The highest BCUT2D eigenvalue weighted by molar-refractivity contribution is 6.13. The summed E-state index contributed by atoms with van der Waals surface area (Å²) in [6.45, 7) is 0.572. The van der Waals surface area contributed by atoms with Gasteiger partial charge < -0.3 is 9.32 Å². The van der Waals surface area contributed by atoms with Crippen molar-refractivity contribution in [2.75, 3.05) is 11.4 Å². The summed E-state index contributed by atoms with van der Waals surface area (Å²) in [6.07, 6.45) is 0.792. The summed E-state index contributed by atoms with van der Waals surface area (Å²) in [4.78, 5) is 27.8. The molecule has 4 aromatic rings. The molecule has 1 amide bonds. The van der Waals surface area contributed by atoms with Crippen LogP contribution in [0.1, 0.15) is 16.1 Å². The largest absolute Gasteiger partial charge is 0.416 e. The normalized spacial score (nSPS) is 12.9. The van der Waals surface area contributed by atoms with Gasteiger partial charge >= 0.3 is 5.63 Å². The van der Waals surface area contributed by atoms with Crippen LogP contribution in [-0.4, -0.2) is 12.5 Å². The molecule has 2 heterocycles. The fraction of sp³-hybridized carbons (Fsp3) is 0.0833. The van der Waals surface area contributed by atoms with E-state index in [1.165, 1.54) is 0 Å². The highest BCUT2D eigenvalue weighted by Crippen LogP contribution is 2.34. The molecule has 0 N–H and O–H groups in total. The first-order chi connectivity index (χ1) is 13.7. The van der Waals surface area contributed by atoms with Crippen LogP contribution in [0, 0.1) is 0 Å². The Hall–Kier alpha value is -3.66. The summed E-state index contributed by atoms with van der Waals surface area (Å²) < 4.78 is 5.62. The predicted molar refractivity (Wildman–Crippen MR) is 110 cm³/mol. The molecule has 1 aliphatic heterocycles. The zero-order chi connectivity index (χ0) is 19.1. The number of para-hydroxylation sites is 1. The van der Waals surface area contributed by atoms with Crippen LogP contribution in [0.5, 0.6) is 0 Å². The Kier molecular flexibility index (Phi) is 3.83. The molecule has 0 atom stereocenters. The van der Waals surface area contributed by atoms with Crippen LogP contribution in [0.15, 0.2) is 88.1 Å². The number of carbonyl (C=O) groups is 1. The molecule has 0 aliphatic carbocycles. The Morgan fingerprint density at radius 1 is 0.821 bits per heavy atom. The van der Waals surface area contributed by atoms with Crippen molar-refractivity contribution in [3.8, 4) is 11.1 Å². The maximum atomic E-state index is 13.5. The number of fused-ring (bicyclic) bond motifs is 2. The Labute approximate surface area is 161 Å². The first-order valence-electron chi connectivity index (χ1n) is 9.25. The third-order valence-corrected chi connectivity index (χ3v) is 5.23. The lowest BCUT2D eigenvalue weighted by molar-refractivity contribution is 0.0960. The summed E-state index contributed by atoms with van der Waals surface area (Å²) in [5.74, 6) is -0.196. The van der Waals surface area contributed by atoms with Gasteiger partial charge in [0.25, 0.3) is 5.91 Å². The number of benzene rings is 3. The maximum Gasteiger partial charge on any atom is 0.344 e. The smallest absolute Gasteiger partial charge is 0.344 e. The fourth-order valence-corrected chi connectivity index (χ4v) is 3.91. The van der Waals surface area contributed by atoms with Gasteiger partial charge in [0.2, 0.25) is 5.76 Å². The second-order valence-electron chi connectivity index (χ2n) is 6.84. The summed E-state index contributed by atoms with van der Waals surface area (Å²) >= 11 is 0. The number of anilines is 1. The SMILES string of the molecule is O=C(c1oc(=O)c2ccccc2c1-c1ccccc1)N1CCc2ccccc21. The molecule has 0 fully saturated rings. The van der Waals surface area contributed by atoms with Crippen LogP contribution in [0.3, 0.4) is 0 Å². The monoisotopic (exact) mass is 367 g/mol. The van der Waals surface area contributed by atoms with Crippen molar-refractivity contribution in [1.29, 1.82) is 0 Å². The van der Waals surface area contributed by atoms with Crippen molar-refractivity contribution in [3.63, 3.8) is 0 Å². The van der Waals surface area contributed by atoms with Crippen molar-refractivity contribution < 1.29 is 9.21 Å². The van der Waals surface area contributed by atoms with Gasteiger partial charge in [0.1, 0.15) is 0 Å². The fourth-order valence-electron chi connectivity index (χ4n) is 3.91. The summed E-state index contributed by atoms with van der Waals surface area (Å²) in [6, 6.07) is 24.7. The van der Waals surface area contributed by atoms with Crippen LogP contribution >= 0.6 is 0 Å². The van der Waals surface area contributed by atoms with E-state index in [-0.39, 0.29) is 11.7 Å². The molecule has 1 aliphatic rings. The van der Waals surface area contributed by atoms with Crippen molar-refractivity contribution in [1.82, 2.24) is 0 Å². The Morgan fingerprint density at radius 2 is 1.50 bits per heavy atom. The molecule has 0 unspecified atom stereocenters. The van der Waals surface area contributed by atoms with Crippen molar-refractivity contribution in [2.24, 2.45) is 0 Å². The molecule has 5 rings (SSSR count).